The van der Waals surface area contributed by atoms with Gasteiger partial charge in [-0.05, 0) is 11.8 Å². The third-order valence-corrected chi connectivity index (χ3v) is 2.33. The van der Waals surface area contributed by atoms with Crippen molar-refractivity contribution in [2.45, 2.75) is 46.5 Å². The van der Waals surface area contributed by atoms with Gasteiger partial charge < -0.3 is 5.11 Å². The van der Waals surface area contributed by atoms with Gasteiger partial charge >= 0.3 is 5.97 Å². The predicted molar refractivity (Wildman–Crippen MR) is 60.1 cm³/mol. The summed E-state index contributed by atoms with van der Waals surface area (Å²) in [5, 5.41) is 15.7. The van der Waals surface area contributed by atoms with Gasteiger partial charge in [0, 0.05) is 12.8 Å². The summed E-state index contributed by atoms with van der Waals surface area (Å²) >= 11 is 0. The number of aromatic nitrogens is 3. The average molecular weight is 225 g/mol. The Labute approximate surface area is 95.3 Å². The molecule has 1 heterocycles. The first kappa shape index (κ1) is 12.7. The number of H-pyrrole nitrogens is 1. The highest BCUT2D eigenvalue weighted by Gasteiger charge is 2.23. The molecule has 0 fully saturated rings. The van der Waals surface area contributed by atoms with Crippen molar-refractivity contribution >= 4 is 5.97 Å². The summed E-state index contributed by atoms with van der Waals surface area (Å²) in [5.74, 6) is 0.802. The zero-order valence-electron chi connectivity index (χ0n) is 10.1. The first-order valence-electron chi connectivity index (χ1n) is 5.55. The van der Waals surface area contributed by atoms with Gasteiger partial charge in [-0.15, -0.1) is 0 Å². The van der Waals surface area contributed by atoms with Crippen LogP contribution in [-0.2, 0) is 17.6 Å². The molecule has 90 valence electrons. The number of aryl methyl sites for hydroxylation is 1. The predicted octanol–water partition coefficient (Wildman–Crippen LogP) is 1.80. The van der Waals surface area contributed by atoms with E-state index in [0.717, 1.165) is 24.5 Å². The number of aliphatic carboxylic acids is 1. The third kappa shape index (κ3) is 4.00. The Kier molecular flexibility index (Phi) is 4.04. The Morgan fingerprint density at radius 1 is 1.50 bits per heavy atom. The number of nitrogens with zero attached hydrogens (tertiary/aromatic N) is 2. The Bertz CT molecular complexity index is 358. The second-order valence-corrected chi connectivity index (χ2v) is 4.86. The summed E-state index contributed by atoms with van der Waals surface area (Å²) in [6.45, 7) is 5.91. The molecule has 0 atom stereocenters. The molecule has 5 heteroatoms. The molecule has 1 rings (SSSR count). The van der Waals surface area contributed by atoms with Crippen LogP contribution in [0.15, 0.2) is 0 Å². The van der Waals surface area contributed by atoms with Gasteiger partial charge in [0.25, 0.3) is 0 Å². The van der Waals surface area contributed by atoms with Gasteiger partial charge in [-0.25, -0.2) is 4.98 Å². The summed E-state index contributed by atoms with van der Waals surface area (Å²) in [4.78, 5) is 15.0. The van der Waals surface area contributed by atoms with Gasteiger partial charge in [0.05, 0.1) is 6.42 Å². The fourth-order valence-electron chi connectivity index (χ4n) is 1.67. The second kappa shape index (κ2) is 5.09. The lowest BCUT2D eigenvalue weighted by atomic mass is 9.85. The molecule has 0 aromatic carbocycles. The van der Waals surface area contributed by atoms with Crippen molar-refractivity contribution in [2.75, 3.05) is 0 Å². The molecule has 16 heavy (non-hydrogen) atoms. The molecule has 0 aliphatic carbocycles. The minimum absolute atomic E-state index is 0.136. The highest BCUT2D eigenvalue weighted by atomic mass is 16.4. The zero-order chi connectivity index (χ0) is 12.2. The fraction of sp³-hybridized carbons (Fsp3) is 0.727. The van der Waals surface area contributed by atoms with Gasteiger partial charge in [0.2, 0.25) is 0 Å². The lowest BCUT2D eigenvalue weighted by Crippen LogP contribution is -2.20. The van der Waals surface area contributed by atoms with E-state index in [1.807, 2.05) is 13.8 Å². The number of aromatic amines is 1. The molecule has 0 aliphatic heterocycles. The van der Waals surface area contributed by atoms with Crippen LogP contribution in [0, 0.1) is 5.41 Å². The van der Waals surface area contributed by atoms with Gasteiger partial charge in [-0.1, -0.05) is 20.8 Å². The molecule has 0 unspecified atom stereocenters. The zero-order valence-corrected chi connectivity index (χ0v) is 10.1. The average Bonchev–Trinajstić information content (AvgIpc) is 2.49. The first-order chi connectivity index (χ1) is 7.43. The van der Waals surface area contributed by atoms with E-state index in [1.54, 1.807) is 0 Å². The van der Waals surface area contributed by atoms with Crippen molar-refractivity contribution in [2.24, 2.45) is 5.41 Å². The Morgan fingerprint density at radius 2 is 2.19 bits per heavy atom. The van der Waals surface area contributed by atoms with Crippen LogP contribution in [0.5, 0.6) is 0 Å². The van der Waals surface area contributed by atoms with E-state index >= 15 is 0 Å². The van der Waals surface area contributed by atoms with Gasteiger partial charge in [0.15, 0.2) is 5.82 Å². The summed E-state index contributed by atoms with van der Waals surface area (Å²) in [5.41, 5.74) is -0.297. The van der Waals surface area contributed by atoms with E-state index in [4.69, 9.17) is 5.11 Å². The normalized spacial score (nSPS) is 11.7. The molecular weight excluding hydrogens is 206 g/mol. The lowest BCUT2D eigenvalue weighted by Gasteiger charge is -2.20. The van der Waals surface area contributed by atoms with E-state index < -0.39 is 5.97 Å². The summed E-state index contributed by atoms with van der Waals surface area (Å²) in [6.07, 6.45) is 2.61. The fourth-order valence-corrected chi connectivity index (χ4v) is 1.67. The minimum atomic E-state index is -0.779. The monoisotopic (exact) mass is 225 g/mol. The van der Waals surface area contributed by atoms with E-state index in [-0.39, 0.29) is 11.8 Å². The van der Waals surface area contributed by atoms with Crippen molar-refractivity contribution in [3.05, 3.63) is 11.6 Å². The maximum absolute atomic E-state index is 10.7. The molecule has 1 aromatic heterocycles. The largest absolute Gasteiger partial charge is 0.481 e. The van der Waals surface area contributed by atoms with Gasteiger partial charge in [-0.2, -0.15) is 5.10 Å². The summed E-state index contributed by atoms with van der Waals surface area (Å²) in [6, 6.07) is 0. The van der Waals surface area contributed by atoms with Crippen LogP contribution in [0.4, 0.5) is 0 Å². The number of carboxylic acids is 1. The SMILES string of the molecule is CCCc1n[nH]c(CC(C)(C)CC(=O)O)n1. The van der Waals surface area contributed by atoms with Crippen molar-refractivity contribution in [1.82, 2.24) is 15.2 Å². The molecule has 0 amide bonds. The second-order valence-electron chi connectivity index (χ2n) is 4.86. The molecule has 0 spiro atoms. The molecule has 0 bridgehead atoms. The first-order valence-corrected chi connectivity index (χ1v) is 5.55. The van der Waals surface area contributed by atoms with Crippen LogP contribution in [-0.4, -0.2) is 26.3 Å². The Hall–Kier alpha value is -1.39. The standard InChI is InChI=1S/C11H19N3O2/c1-4-5-8-12-9(14-13-8)6-11(2,3)7-10(15)16/h4-7H2,1-3H3,(H,15,16)(H,12,13,14). The summed E-state index contributed by atoms with van der Waals surface area (Å²) in [7, 11) is 0. The highest BCUT2D eigenvalue weighted by Crippen LogP contribution is 2.24. The molecule has 2 N–H and O–H groups in total. The van der Waals surface area contributed by atoms with Gasteiger partial charge in [0.1, 0.15) is 5.82 Å². The number of rotatable bonds is 6. The van der Waals surface area contributed by atoms with Crippen LogP contribution in [0.1, 0.15) is 45.3 Å². The van der Waals surface area contributed by atoms with Crippen molar-refractivity contribution in [1.29, 1.82) is 0 Å². The number of nitrogens with one attached hydrogen (secondary N) is 1. The molecule has 0 radical (unpaired) electrons. The smallest absolute Gasteiger partial charge is 0.303 e. The maximum Gasteiger partial charge on any atom is 0.303 e. The number of carboxylic acid groups (broad SMARTS) is 1. The molecular formula is C11H19N3O2. The number of carbonyl (C=O) groups is 1. The van der Waals surface area contributed by atoms with Crippen molar-refractivity contribution in [3.63, 3.8) is 0 Å². The topological polar surface area (TPSA) is 78.9 Å². The highest BCUT2D eigenvalue weighted by molar-refractivity contribution is 5.67. The van der Waals surface area contributed by atoms with Crippen LogP contribution in [0.2, 0.25) is 0 Å². The van der Waals surface area contributed by atoms with Crippen molar-refractivity contribution < 1.29 is 9.90 Å². The molecule has 0 saturated heterocycles. The molecule has 1 aromatic rings. The third-order valence-electron chi connectivity index (χ3n) is 2.33. The van der Waals surface area contributed by atoms with E-state index in [2.05, 4.69) is 22.1 Å². The number of hydrogen-bond donors (Lipinski definition) is 2. The van der Waals surface area contributed by atoms with Crippen LogP contribution in [0.3, 0.4) is 0 Å². The molecule has 0 saturated carbocycles. The minimum Gasteiger partial charge on any atom is -0.481 e. The van der Waals surface area contributed by atoms with Crippen LogP contribution < -0.4 is 0 Å². The van der Waals surface area contributed by atoms with E-state index in [1.165, 1.54) is 0 Å². The maximum atomic E-state index is 10.7. The Balaban J connectivity index is 2.61. The Morgan fingerprint density at radius 3 is 2.75 bits per heavy atom. The van der Waals surface area contributed by atoms with E-state index in [9.17, 15) is 4.79 Å². The quantitative estimate of drug-likeness (QED) is 0.773. The van der Waals surface area contributed by atoms with Gasteiger partial charge in [-0.3, -0.25) is 9.89 Å². The number of hydrogen-bond acceptors (Lipinski definition) is 3. The van der Waals surface area contributed by atoms with Crippen LogP contribution in [0.25, 0.3) is 0 Å². The van der Waals surface area contributed by atoms with Crippen LogP contribution >= 0.6 is 0 Å². The lowest BCUT2D eigenvalue weighted by molar-refractivity contribution is -0.139. The van der Waals surface area contributed by atoms with E-state index in [0.29, 0.717) is 6.42 Å². The molecule has 5 nitrogen and oxygen atoms in total. The molecule has 0 aliphatic rings. The van der Waals surface area contributed by atoms with Crippen molar-refractivity contribution in [3.8, 4) is 0 Å². The summed E-state index contributed by atoms with van der Waals surface area (Å²) < 4.78 is 0.